The van der Waals surface area contributed by atoms with Gasteiger partial charge in [0.2, 0.25) is 5.91 Å². The van der Waals surface area contributed by atoms with Gasteiger partial charge in [-0.2, -0.15) is 8.78 Å². The van der Waals surface area contributed by atoms with E-state index in [0.29, 0.717) is 5.56 Å². The highest BCUT2D eigenvalue weighted by molar-refractivity contribution is 6.31. The number of ether oxygens (including phenoxy) is 1. The van der Waals surface area contributed by atoms with E-state index in [9.17, 15) is 18.0 Å². The molecule has 0 aliphatic carbocycles. The molecule has 0 saturated heterocycles. The van der Waals surface area contributed by atoms with Crippen molar-refractivity contribution >= 4 is 17.5 Å². The van der Waals surface area contributed by atoms with Gasteiger partial charge in [0.05, 0.1) is 12.5 Å². The number of nitrogens with one attached hydrogen (secondary N) is 1. The highest BCUT2D eigenvalue weighted by atomic mass is 35.5. The lowest BCUT2D eigenvalue weighted by molar-refractivity contribution is -0.121. The van der Waals surface area contributed by atoms with E-state index in [0.717, 1.165) is 5.56 Å². The summed E-state index contributed by atoms with van der Waals surface area (Å²) in [6, 6.07) is 18.8. The van der Waals surface area contributed by atoms with Crippen LogP contribution in [0.2, 0.25) is 5.02 Å². The van der Waals surface area contributed by atoms with Gasteiger partial charge in [-0.1, -0.05) is 60.1 Å². The summed E-state index contributed by atoms with van der Waals surface area (Å²) in [5.41, 5.74) is 1.55. The average molecular weight is 420 g/mol. The third-order valence-corrected chi connectivity index (χ3v) is 4.63. The SMILES string of the molecule is O=C(Cc1c(F)cccc1Cl)N[C@@H](c1ccccc1)c1ccc(OC(F)F)cc1. The second kappa shape index (κ2) is 9.47. The van der Waals surface area contributed by atoms with E-state index in [1.54, 1.807) is 12.1 Å². The zero-order valence-corrected chi connectivity index (χ0v) is 15.9. The molecule has 7 heteroatoms. The van der Waals surface area contributed by atoms with Crippen LogP contribution in [0, 0.1) is 5.82 Å². The van der Waals surface area contributed by atoms with Gasteiger partial charge in [0, 0.05) is 10.6 Å². The van der Waals surface area contributed by atoms with Crippen molar-refractivity contribution in [3.05, 3.63) is 100 Å². The van der Waals surface area contributed by atoms with Crippen LogP contribution in [0.25, 0.3) is 0 Å². The van der Waals surface area contributed by atoms with Gasteiger partial charge >= 0.3 is 6.61 Å². The first kappa shape index (κ1) is 20.7. The van der Waals surface area contributed by atoms with Gasteiger partial charge in [-0.25, -0.2) is 4.39 Å². The minimum Gasteiger partial charge on any atom is -0.435 e. The molecule has 29 heavy (non-hydrogen) atoms. The summed E-state index contributed by atoms with van der Waals surface area (Å²) in [6.45, 7) is -2.92. The summed E-state index contributed by atoms with van der Waals surface area (Å²) < 4.78 is 43.1. The molecule has 0 saturated carbocycles. The molecule has 0 unspecified atom stereocenters. The summed E-state index contributed by atoms with van der Waals surface area (Å²) >= 11 is 6.01. The summed E-state index contributed by atoms with van der Waals surface area (Å²) in [5, 5.41) is 3.03. The molecule has 1 amide bonds. The molecule has 1 N–H and O–H groups in total. The summed E-state index contributed by atoms with van der Waals surface area (Å²) in [4.78, 5) is 12.6. The molecule has 0 bridgehead atoms. The van der Waals surface area contributed by atoms with Crippen LogP contribution in [0.3, 0.4) is 0 Å². The van der Waals surface area contributed by atoms with E-state index in [-0.39, 0.29) is 22.8 Å². The van der Waals surface area contributed by atoms with Gasteiger partial charge in [0.1, 0.15) is 11.6 Å². The third-order valence-electron chi connectivity index (χ3n) is 4.28. The monoisotopic (exact) mass is 419 g/mol. The number of carbonyl (C=O) groups is 1. The van der Waals surface area contributed by atoms with Crippen molar-refractivity contribution in [3.8, 4) is 5.75 Å². The first-order chi connectivity index (χ1) is 13.9. The maximum atomic E-state index is 14.0. The van der Waals surface area contributed by atoms with Crippen molar-refractivity contribution in [1.82, 2.24) is 5.32 Å². The Labute approximate surface area is 171 Å². The maximum Gasteiger partial charge on any atom is 0.387 e. The molecular weight excluding hydrogens is 403 g/mol. The lowest BCUT2D eigenvalue weighted by Crippen LogP contribution is -2.31. The second-order valence-electron chi connectivity index (χ2n) is 6.24. The first-order valence-corrected chi connectivity index (χ1v) is 9.14. The minimum absolute atomic E-state index is 0.0139. The van der Waals surface area contributed by atoms with Crippen molar-refractivity contribution < 1.29 is 22.7 Å². The van der Waals surface area contributed by atoms with Gasteiger partial charge in [-0.3, -0.25) is 4.79 Å². The Balaban J connectivity index is 1.84. The number of rotatable bonds is 7. The van der Waals surface area contributed by atoms with Crippen LogP contribution in [0.4, 0.5) is 13.2 Å². The molecule has 0 radical (unpaired) electrons. The van der Waals surface area contributed by atoms with Gasteiger partial charge in [-0.15, -0.1) is 0 Å². The zero-order valence-electron chi connectivity index (χ0n) is 15.1. The number of hydrogen-bond acceptors (Lipinski definition) is 2. The van der Waals surface area contributed by atoms with Crippen molar-refractivity contribution in [2.24, 2.45) is 0 Å². The Bertz CT molecular complexity index is 945. The summed E-state index contributed by atoms with van der Waals surface area (Å²) in [7, 11) is 0. The fourth-order valence-corrected chi connectivity index (χ4v) is 3.15. The normalized spacial score (nSPS) is 11.9. The van der Waals surface area contributed by atoms with Crippen LogP contribution >= 0.6 is 11.6 Å². The molecule has 3 rings (SSSR count). The summed E-state index contributed by atoms with van der Waals surface area (Å²) in [6.07, 6.45) is -0.235. The molecule has 0 aliphatic heterocycles. The molecule has 0 heterocycles. The lowest BCUT2D eigenvalue weighted by Gasteiger charge is -2.20. The van der Waals surface area contributed by atoms with Gasteiger partial charge in [0.15, 0.2) is 0 Å². The molecule has 0 fully saturated rings. The largest absolute Gasteiger partial charge is 0.435 e. The topological polar surface area (TPSA) is 38.3 Å². The van der Waals surface area contributed by atoms with Crippen LogP contribution in [-0.4, -0.2) is 12.5 Å². The second-order valence-corrected chi connectivity index (χ2v) is 6.64. The Morgan fingerprint density at radius 2 is 1.59 bits per heavy atom. The Morgan fingerprint density at radius 3 is 2.21 bits per heavy atom. The van der Waals surface area contributed by atoms with Crippen molar-refractivity contribution in [2.45, 2.75) is 19.1 Å². The highest BCUT2D eigenvalue weighted by Crippen LogP contribution is 2.26. The first-order valence-electron chi connectivity index (χ1n) is 8.76. The molecule has 0 spiro atoms. The maximum absolute atomic E-state index is 14.0. The summed E-state index contributed by atoms with van der Waals surface area (Å²) in [5.74, 6) is -0.976. The number of hydrogen-bond donors (Lipinski definition) is 1. The van der Waals surface area contributed by atoms with E-state index in [1.807, 2.05) is 30.3 Å². The standard InChI is InChI=1S/C22H17ClF3NO2/c23-18-7-4-8-19(24)17(18)13-20(28)27-21(14-5-2-1-3-6-14)15-9-11-16(12-10-15)29-22(25)26/h1-12,21-22H,13H2,(H,27,28)/t21-/m0/s1. The minimum atomic E-state index is -2.92. The highest BCUT2D eigenvalue weighted by Gasteiger charge is 2.19. The number of benzene rings is 3. The average Bonchev–Trinajstić information content (AvgIpc) is 2.70. The zero-order chi connectivity index (χ0) is 20.8. The Morgan fingerprint density at radius 1 is 0.931 bits per heavy atom. The molecule has 3 aromatic rings. The fraction of sp³-hybridized carbons (Fsp3) is 0.136. The molecule has 0 aliphatic rings. The molecule has 1 atom stereocenters. The van der Waals surface area contributed by atoms with E-state index in [2.05, 4.69) is 10.1 Å². The smallest absolute Gasteiger partial charge is 0.387 e. The molecular formula is C22H17ClF3NO2. The quantitative estimate of drug-likeness (QED) is 0.547. The number of halogens is 4. The van der Waals surface area contributed by atoms with E-state index < -0.39 is 24.4 Å². The number of alkyl halides is 2. The van der Waals surface area contributed by atoms with Gasteiger partial charge in [-0.05, 0) is 35.4 Å². The van der Waals surface area contributed by atoms with Gasteiger partial charge in [0.25, 0.3) is 0 Å². The molecule has 0 aromatic heterocycles. The number of carbonyl (C=O) groups excluding carboxylic acids is 1. The van der Waals surface area contributed by atoms with E-state index >= 15 is 0 Å². The van der Waals surface area contributed by atoms with Crippen LogP contribution in [0.1, 0.15) is 22.7 Å². The van der Waals surface area contributed by atoms with Crippen LogP contribution in [0.15, 0.2) is 72.8 Å². The van der Waals surface area contributed by atoms with Crippen molar-refractivity contribution in [3.63, 3.8) is 0 Å². The Hall–Kier alpha value is -2.99. The number of amides is 1. The van der Waals surface area contributed by atoms with Crippen LogP contribution in [0.5, 0.6) is 5.75 Å². The van der Waals surface area contributed by atoms with Crippen LogP contribution in [-0.2, 0) is 11.2 Å². The Kier molecular flexibility index (Phi) is 6.77. The fourth-order valence-electron chi connectivity index (χ4n) is 2.92. The molecule has 150 valence electrons. The van der Waals surface area contributed by atoms with Gasteiger partial charge < -0.3 is 10.1 Å². The third kappa shape index (κ3) is 5.51. The van der Waals surface area contributed by atoms with Crippen molar-refractivity contribution in [2.75, 3.05) is 0 Å². The predicted molar refractivity (Wildman–Crippen MR) is 105 cm³/mol. The van der Waals surface area contributed by atoms with E-state index in [1.165, 1.54) is 30.3 Å². The van der Waals surface area contributed by atoms with Crippen LogP contribution < -0.4 is 10.1 Å². The molecule has 3 nitrogen and oxygen atoms in total. The molecule has 3 aromatic carbocycles. The van der Waals surface area contributed by atoms with E-state index in [4.69, 9.17) is 11.6 Å². The van der Waals surface area contributed by atoms with Crippen molar-refractivity contribution in [1.29, 1.82) is 0 Å². The lowest BCUT2D eigenvalue weighted by atomic mass is 9.98. The predicted octanol–water partition coefficient (Wildman–Crippen LogP) is 5.53.